The second-order valence-corrected chi connectivity index (χ2v) is 4.34. The van der Waals surface area contributed by atoms with Crippen LogP contribution < -0.4 is 15.4 Å². The van der Waals surface area contributed by atoms with Gasteiger partial charge in [-0.3, -0.25) is 9.48 Å². The molecule has 6 nitrogen and oxygen atoms in total. The highest BCUT2D eigenvalue weighted by molar-refractivity contribution is 5.96. The van der Waals surface area contributed by atoms with E-state index in [2.05, 4.69) is 15.7 Å². The molecule has 98 valence electrons. The Labute approximate surface area is 110 Å². The van der Waals surface area contributed by atoms with Gasteiger partial charge in [-0.05, 0) is 18.2 Å². The highest BCUT2D eigenvalue weighted by Crippen LogP contribution is 2.33. The normalized spacial score (nSPS) is 13.5. The van der Waals surface area contributed by atoms with E-state index in [1.165, 1.54) is 0 Å². The average Bonchev–Trinajstić information content (AvgIpc) is 2.79. The second kappa shape index (κ2) is 4.31. The van der Waals surface area contributed by atoms with Crippen molar-refractivity contribution in [3.63, 3.8) is 0 Å². The molecule has 0 bridgehead atoms. The summed E-state index contributed by atoms with van der Waals surface area (Å²) in [6.45, 7) is 0.0714. The van der Waals surface area contributed by atoms with Crippen LogP contribution in [0.1, 0.15) is 0 Å². The average molecular weight is 258 g/mol. The lowest BCUT2D eigenvalue weighted by atomic mass is 10.1. The number of aromatic nitrogens is 2. The maximum Gasteiger partial charge on any atom is 0.262 e. The molecule has 1 aromatic carbocycles. The second-order valence-electron chi connectivity index (χ2n) is 4.34. The molecule has 2 heterocycles. The summed E-state index contributed by atoms with van der Waals surface area (Å²) in [4.78, 5) is 11.3. The third kappa shape index (κ3) is 2.01. The van der Waals surface area contributed by atoms with E-state index in [1.807, 2.05) is 38.4 Å². The van der Waals surface area contributed by atoms with E-state index in [-0.39, 0.29) is 12.5 Å². The Morgan fingerprint density at radius 1 is 1.42 bits per heavy atom. The SMILES string of the molecule is CNc1cc(-c2ccc3c(c2)NC(=O)CO3)n(C)n1. The number of benzene rings is 1. The molecular formula is C13H14N4O2. The number of amides is 1. The van der Waals surface area contributed by atoms with Crippen molar-refractivity contribution in [2.45, 2.75) is 0 Å². The summed E-state index contributed by atoms with van der Waals surface area (Å²) in [5, 5.41) is 10.1. The summed E-state index contributed by atoms with van der Waals surface area (Å²) in [7, 11) is 3.71. The summed E-state index contributed by atoms with van der Waals surface area (Å²) in [6.07, 6.45) is 0. The molecule has 0 atom stereocenters. The van der Waals surface area contributed by atoms with E-state index in [4.69, 9.17) is 4.74 Å². The van der Waals surface area contributed by atoms with Crippen LogP contribution in [-0.4, -0.2) is 29.3 Å². The molecule has 1 aliphatic rings. The van der Waals surface area contributed by atoms with Crippen LogP contribution in [-0.2, 0) is 11.8 Å². The summed E-state index contributed by atoms with van der Waals surface area (Å²) in [5.74, 6) is 1.36. The van der Waals surface area contributed by atoms with Crippen molar-refractivity contribution >= 4 is 17.4 Å². The number of rotatable bonds is 2. The summed E-state index contributed by atoms with van der Waals surface area (Å²) in [6, 6.07) is 7.65. The minimum Gasteiger partial charge on any atom is -0.482 e. The van der Waals surface area contributed by atoms with Crippen LogP contribution in [0.15, 0.2) is 24.3 Å². The zero-order valence-corrected chi connectivity index (χ0v) is 10.7. The van der Waals surface area contributed by atoms with Crippen LogP contribution in [0.4, 0.5) is 11.5 Å². The smallest absolute Gasteiger partial charge is 0.262 e. The van der Waals surface area contributed by atoms with E-state index >= 15 is 0 Å². The molecule has 0 radical (unpaired) electrons. The van der Waals surface area contributed by atoms with Crippen molar-refractivity contribution in [3.8, 4) is 17.0 Å². The van der Waals surface area contributed by atoms with Gasteiger partial charge in [0.15, 0.2) is 6.61 Å². The largest absolute Gasteiger partial charge is 0.482 e. The molecule has 2 N–H and O–H groups in total. The number of hydrogen-bond acceptors (Lipinski definition) is 4. The maximum absolute atomic E-state index is 11.3. The van der Waals surface area contributed by atoms with Crippen molar-refractivity contribution < 1.29 is 9.53 Å². The number of anilines is 2. The number of nitrogens with one attached hydrogen (secondary N) is 2. The van der Waals surface area contributed by atoms with E-state index < -0.39 is 0 Å². The first-order valence-corrected chi connectivity index (χ1v) is 5.96. The van der Waals surface area contributed by atoms with Gasteiger partial charge in [0.25, 0.3) is 5.91 Å². The fraction of sp³-hybridized carbons (Fsp3) is 0.231. The van der Waals surface area contributed by atoms with Gasteiger partial charge in [0.1, 0.15) is 11.6 Å². The third-order valence-corrected chi connectivity index (χ3v) is 3.04. The van der Waals surface area contributed by atoms with Crippen molar-refractivity contribution in [1.82, 2.24) is 9.78 Å². The Morgan fingerprint density at radius 3 is 3.00 bits per heavy atom. The fourth-order valence-corrected chi connectivity index (χ4v) is 2.10. The van der Waals surface area contributed by atoms with E-state index in [0.717, 1.165) is 17.1 Å². The highest BCUT2D eigenvalue weighted by Gasteiger charge is 2.17. The van der Waals surface area contributed by atoms with Gasteiger partial charge in [0, 0.05) is 25.7 Å². The zero-order valence-electron chi connectivity index (χ0n) is 10.7. The number of hydrogen-bond donors (Lipinski definition) is 2. The summed E-state index contributed by atoms with van der Waals surface area (Å²) < 4.78 is 7.13. The molecule has 0 unspecified atom stereocenters. The van der Waals surface area contributed by atoms with Gasteiger partial charge in [-0.15, -0.1) is 0 Å². The Bertz CT molecular complexity index is 648. The van der Waals surface area contributed by atoms with E-state index in [1.54, 1.807) is 4.68 Å². The molecule has 1 aliphatic heterocycles. The molecule has 3 rings (SSSR count). The Morgan fingerprint density at radius 2 is 2.26 bits per heavy atom. The molecule has 0 spiro atoms. The molecule has 0 saturated heterocycles. The Balaban J connectivity index is 2.03. The summed E-state index contributed by atoms with van der Waals surface area (Å²) >= 11 is 0. The van der Waals surface area contributed by atoms with Crippen LogP contribution in [0.25, 0.3) is 11.3 Å². The molecule has 19 heavy (non-hydrogen) atoms. The molecule has 2 aromatic rings. The maximum atomic E-state index is 11.3. The number of nitrogens with zero attached hydrogens (tertiary/aromatic N) is 2. The van der Waals surface area contributed by atoms with Gasteiger partial charge in [0.2, 0.25) is 0 Å². The van der Waals surface area contributed by atoms with Crippen molar-refractivity contribution in [3.05, 3.63) is 24.3 Å². The topological polar surface area (TPSA) is 68.2 Å². The minimum absolute atomic E-state index is 0.0714. The van der Waals surface area contributed by atoms with Crippen molar-refractivity contribution in [2.75, 3.05) is 24.3 Å². The molecule has 0 fully saturated rings. The van der Waals surface area contributed by atoms with Gasteiger partial charge in [-0.1, -0.05) is 0 Å². The predicted octanol–water partition coefficient (Wildman–Crippen LogP) is 1.46. The zero-order chi connectivity index (χ0) is 13.4. The fourth-order valence-electron chi connectivity index (χ4n) is 2.10. The molecule has 1 amide bonds. The number of aryl methyl sites for hydroxylation is 1. The van der Waals surface area contributed by atoms with Crippen LogP contribution >= 0.6 is 0 Å². The summed E-state index contributed by atoms with van der Waals surface area (Å²) in [5.41, 5.74) is 2.63. The van der Waals surface area contributed by atoms with Gasteiger partial charge in [-0.2, -0.15) is 5.10 Å². The lowest BCUT2D eigenvalue weighted by Gasteiger charge is -2.18. The molecule has 0 aliphatic carbocycles. The molecule has 1 aromatic heterocycles. The number of carbonyl (C=O) groups excluding carboxylic acids is 1. The van der Waals surface area contributed by atoms with Crippen LogP contribution in [0.2, 0.25) is 0 Å². The van der Waals surface area contributed by atoms with Crippen LogP contribution in [0, 0.1) is 0 Å². The highest BCUT2D eigenvalue weighted by atomic mass is 16.5. The monoisotopic (exact) mass is 258 g/mol. The molecular weight excluding hydrogens is 244 g/mol. The van der Waals surface area contributed by atoms with Crippen molar-refractivity contribution in [1.29, 1.82) is 0 Å². The minimum atomic E-state index is -0.134. The first-order chi connectivity index (χ1) is 9.17. The van der Waals surface area contributed by atoms with Gasteiger partial charge in [0.05, 0.1) is 11.4 Å². The Hall–Kier alpha value is -2.50. The lowest BCUT2D eigenvalue weighted by molar-refractivity contribution is -0.118. The number of fused-ring (bicyclic) bond motifs is 1. The van der Waals surface area contributed by atoms with E-state index in [9.17, 15) is 4.79 Å². The Kier molecular flexibility index (Phi) is 2.63. The van der Waals surface area contributed by atoms with E-state index in [0.29, 0.717) is 11.4 Å². The van der Waals surface area contributed by atoms with Gasteiger partial charge >= 0.3 is 0 Å². The van der Waals surface area contributed by atoms with Crippen molar-refractivity contribution in [2.24, 2.45) is 7.05 Å². The number of carbonyl (C=O) groups is 1. The molecule has 6 heteroatoms. The first kappa shape index (κ1) is 11.6. The van der Waals surface area contributed by atoms with Gasteiger partial charge < -0.3 is 15.4 Å². The standard InChI is InChI=1S/C13H14N4O2/c1-14-12-6-10(17(2)16-12)8-3-4-11-9(5-8)15-13(18)7-19-11/h3-6H,7H2,1-2H3,(H,14,16)(H,15,18). The lowest BCUT2D eigenvalue weighted by Crippen LogP contribution is -2.25. The third-order valence-electron chi connectivity index (χ3n) is 3.04. The van der Waals surface area contributed by atoms with Crippen LogP contribution in [0.5, 0.6) is 5.75 Å². The van der Waals surface area contributed by atoms with Gasteiger partial charge in [-0.25, -0.2) is 0 Å². The van der Waals surface area contributed by atoms with Crippen LogP contribution in [0.3, 0.4) is 0 Å². The first-order valence-electron chi connectivity index (χ1n) is 5.96. The quantitative estimate of drug-likeness (QED) is 0.855. The predicted molar refractivity (Wildman–Crippen MR) is 72.3 cm³/mol. The molecule has 0 saturated carbocycles. The number of ether oxygens (including phenoxy) is 1.